The minimum Gasteiger partial charge on any atom is -0.336 e. The van der Waals surface area contributed by atoms with Crippen LogP contribution in [0.25, 0.3) is 22.0 Å². The van der Waals surface area contributed by atoms with Crippen LogP contribution in [-0.4, -0.2) is 77.9 Å². The maximum Gasteiger partial charge on any atom is 0.254 e. The number of nitrogens with zero attached hydrogens (tertiary/aromatic N) is 4. The maximum absolute atomic E-state index is 14.6. The van der Waals surface area contributed by atoms with E-state index in [2.05, 4.69) is 26.9 Å². The van der Waals surface area contributed by atoms with Crippen molar-refractivity contribution in [2.45, 2.75) is 77.8 Å². The first-order chi connectivity index (χ1) is 20.5. The lowest BCUT2D eigenvalue weighted by Crippen LogP contribution is -2.40. The minimum absolute atomic E-state index is 0.00136. The van der Waals surface area contributed by atoms with Crippen LogP contribution in [0.5, 0.6) is 0 Å². The molecule has 0 bridgehead atoms. The molecule has 1 aliphatic heterocycles. The van der Waals surface area contributed by atoms with Gasteiger partial charge in [-0.15, -0.1) is 0 Å². The number of aromatic nitrogens is 2. The molecule has 8 nitrogen and oxygen atoms in total. The molecule has 1 unspecified atom stereocenters. The van der Waals surface area contributed by atoms with E-state index in [0.717, 1.165) is 73.8 Å². The Kier molecular flexibility index (Phi) is 9.58. The molecular weight excluding hydrogens is 565 g/mol. The van der Waals surface area contributed by atoms with E-state index in [0.29, 0.717) is 23.9 Å². The van der Waals surface area contributed by atoms with Gasteiger partial charge in [0, 0.05) is 44.2 Å². The largest absolute Gasteiger partial charge is 0.336 e. The number of benzene rings is 2. The molecule has 10 heteroatoms. The van der Waals surface area contributed by atoms with E-state index in [1.807, 2.05) is 38.7 Å². The van der Waals surface area contributed by atoms with E-state index in [1.54, 1.807) is 17.9 Å². The Labute approximate surface area is 255 Å². The quantitative estimate of drug-likeness (QED) is 0.326. The van der Waals surface area contributed by atoms with Gasteiger partial charge in [0.05, 0.1) is 23.0 Å². The molecule has 1 N–H and O–H groups in total. The number of rotatable bonds is 10. The van der Waals surface area contributed by atoms with Gasteiger partial charge in [-0.1, -0.05) is 6.07 Å². The number of nitrogens with one attached hydrogen (secondary N) is 1. The molecule has 1 aromatic heterocycles. The van der Waals surface area contributed by atoms with Gasteiger partial charge in [0.1, 0.15) is 5.82 Å². The standard InChI is InChI=1S/C33H46FN5O3S/c1-6-39(22(3)4)33(40)30-18-26(34)10-13-28(30)29-16-25(17-32-31(29)19-35-37(32)5)24-14-15-38(21-24)20-23-8-11-27(12-9-23)36-43(41,42)7-2/h10,13,16-19,22-24,27,36H,6-9,11-12,14-15,20-21H2,1-5H3. The molecule has 1 saturated heterocycles. The Hall–Kier alpha value is -2.82. The number of carbonyl (C=O) groups is 1. The third-order valence-electron chi connectivity index (χ3n) is 9.45. The number of halogens is 1. The lowest BCUT2D eigenvalue weighted by atomic mass is 9.86. The highest BCUT2D eigenvalue weighted by Crippen LogP contribution is 2.38. The van der Waals surface area contributed by atoms with Crippen LogP contribution in [0.4, 0.5) is 4.39 Å². The topological polar surface area (TPSA) is 87.5 Å². The Morgan fingerprint density at radius 3 is 2.51 bits per heavy atom. The fourth-order valence-electron chi connectivity index (χ4n) is 6.99. The summed E-state index contributed by atoms with van der Waals surface area (Å²) in [6.45, 7) is 11.1. The minimum atomic E-state index is -3.16. The second kappa shape index (κ2) is 13.0. The molecule has 2 aliphatic rings. The average molecular weight is 612 g/mol. The number of aryl methyl sites for hydroxylation is 1. The summed E-state index contributed by atoms with van der Waals surface area (Å²) in [5.41, 5.74) is 4.23. The van der Waals surface area contributed by atoms with Gasteiger partial charge in [-0.25, -0.2) is 17.5 Å². The highest BCUT2D eigenvalue weighted by atomic mass is 32.2. The number of sulfonamides is 1. The highest BCUT2D eigenvalue weighted by Gasteiger charge is 2.30. The molecular formula is C33H46FN5O3S. The van der Waals surface area contributed by atoms with E-state index < -0.39 is 15.8 Å². The second-order valence-corrected chi connectivity index (χ2v) is 14.7. The fraction of sp³-hybridized carbons (Fsp3) is 0.576. The van der Waals surface area contributed by atoms with Crippen molar-refractivity contribution in [1.29, 1.82) is 0 Å². The van der Waals surface area contributed by atoms with Crippen molar-refractivity contribution >= 4 is 26.8 Å². The summed E-state index contributed by atoms with van der Waals surface area (Å²) in [5.74, 6) is 0.453. The molecule has 1 atom stereocenters. The molecule has 1 aliphatic carbocycles. The van der Waals surface area contributed by atoms with E-state index in [-0.39, 0.29) is 23.7 Å². The Bertz CT molecular complexity index is 1560. The van der Waals surface area contributed by atoms with Crippen LogP contribution < -0.4 is 4.72 Å². The van der Waals surface area contributed by atoms with Crippen LogP contribution in [-0.2, 0) is 17.1 Å². The predicted molar refractivity (Wildman–Crippen MR) is 170 cm³/mol. The van der Waals surface area contributed by atoms with Gasteiger partial charge in [-0.3, -0.25) is 9.48 Å². The SMILES string of the molecule is CCN(C(=O)c1cc(F)ccc1-c1cc(C2CCN(CC3CCC(NS(=O)(=O)CC)CC3)C2)cc2c1cnn2C)C(C)C. The zero-order valence-electron chi connectivity index (χ0n) is 26.1. The third kappa shape index (κ3) is 6.97. The maximum atomic E-state index is 14.6. The highest BCUT2D eigenvalue weighted by molar-refractivity contribution is 7.89. The molecule has 1 amide bonds. The zero-order valence-corrected chi connectivity index (χ0v) is 27.0. The molecule has 2 heterocycles. The van der Waals surface area contributed by atoms with Crippen molar-refractivity contribution in [2.24, 2.45) is 13.0 Å². The van der Waals surface area contributed by atoms with Crippen molar-refractivity contribution in [3.8, 4) is 11.1 Å². The number of carbonyl (C=O) groups excluding carboxylic acids is 1. The summed E-state index contributed by atoms with van der Waals surface area (Å²) in [5, 5.41) is 5.49. The Balaban J connectivity index is 1.37. The molecule has 0 radical (unpaired) electrons. The van der Waals surface area contributed by atoms with Crippen LogP contribution in [0.1, 0.15) is 81.6 Å². The number of hydrogen-bond acceptors (Lipinski definition) is 5. The summed E-state index contributed by atoms with van der Waals surface area (Å²) in [4.78, 5) is 18.0. The van der Waals surface area contributed by atoms with Crippen molar-refractivity contribution in [1.82, 2.24) is 24.3 Å². The van der Waals surface area contributed by atoms with Crippen LogP contribution >= 0.6 is 0 Å². The van der Waals surface area contributed by atoms with Gasteiger partial charge in [0.15, 0.2) is 0 Å². The number of likely N-dealkylation sites (tertiary alicyclic amines) is 1. The summed E-state index contributed by atoms with van der Waals surface area (Å²) >= 11 is 0. The molecule has 0 spiro atoms. The second-order valence-electron chi connectivity index (χ2n) is 12.6. The van der Waals surface area contributed by atoms with Crippen LogP contribution in [0, 0.1) is 11.7 Å². The first kappa shape index (κ1) is 31.6. The third-order valence-corrected chi connectivity index (χ3v) is 10.9. The molecule has 43 heavy (non-hydrogen) atoms. The zero-order chi connectivity index (χ0) is 30.9. The average Bonchev–Trinajstić information content (AvgIpc) is 3.60. The van der Waals surface area contributed by atoms with Gasteiger partial charge in [-0.05, 0) is 119 Å². The van der Waals surface area contributed by atoms with E-state index in [4.69, 9.17) is 0 Å². The Morgan fingerprint density at radius 1 is 1.09 bits per heavy atom. The Morgan fingerprint density at radius 2 is 1.84 bits per heavy atom. The van der Waals surface area contributed by atoms with Crippen molar-refractivity contribution in [3.63, 3.8) is 0 Å². The molecule has 2 fully saturated rings. The van der Waals surface area contributed by atoms with Gasteiger partial charge in [0.25, 0.3) is 5.91 Å². The summed E-state index contributed by atoms with van der Waals surface area (Å²) in [7, 11) is -1.23. The van der Waals surface area contributed by atoms with Gasteiger partial charge < -0.3 is 9.80 Å². The molecule has 3 aromatic rings. The van der Waals surface area contributed by atoms with Crippen molar-refractivity contribution in [2.75, 3.05) is 31.9 Å². The lowest BCUT2D eigenvalue weighted by molar-refractivity contribution is 0.0717. The molecule has 5 rings (SSSR count). The van der Waals surface area contributed by atoms with Crippen molar-refractivity contribution < 1.29 is 17.6 Å². The first-order valence-corrected chi connectivity index (χ1v) is 17.4. The van der Waals surface area contributed by atoms with Gasteiger partial charge in [0.2, 0.25) is 10.0 Å². The van der Waals surface area contributed by atoms with E-state index in [1.165, 1.54) is 17.7 Å². The van der Waals surface area contributed by atoms with E-state index >= 15 is 0 Å². The summed E-state index contributed by atoms with van der Waals surface area (Å²) < 4.78 is 43.2. The van der Waals surface area contributed by atoms with E-state index in [9.17, 15) is 17.6 Å². The normalized spacial score (nSPS) is 21.6. The lowest BCUT2D eigenvalue weighted by Gasteiger charge is -2.31. The molecule has 2 aromatic carbocycles. The summed E-state index contributed by atoms with van der Waals surface area (Å²) in [6.07, 6.45) is 6.75. The first-order valence-electron chi connectivity index (χ1n) is 15.8. The smallest absolute Gasteiger partial charge is 0.254 e. The van der Waals surface area contributed by atoms with Crippen molar-refractivity contribution in [3.05, 3.63) is 53.5 Å². The van der Waals surface area contributed by atoms with Gasteiger partial charge >= 0.3 is 0 Å². The van der Waals surface area contributed by atoms with Crippen LogP contribution in [0.3, 0.4) is 0 Å². The van der Waals surface area contributed by atoms with Crippen LogP contribution in [0.2, 0.25) is 0 Å². The fourth-order valence-corrected chi connectivity index (χ4v) is 7.90. The van der Waals surface area contributed by atoms with Gasteiger partial charge in [-0.2, -0.15) is 5.10 Å². The molecule has 1 saturated carbocycles. The summed E-state index contributed by atoms with van der Waals surface area (Å²) in [6, 6.07) is 9.02. The predicted octanol–water partition coefficient (Wildman–Crippen LogP) is 5.54. The number of hydrogen-bond donors (Lipinski definition) is 1. The van der Waals surface area contributed by atoms with Crippen LogP contribution in [0.15, 0.2) is 36.5 Å². The number of fused-ring (bicyclic) bond motifs is 1. The molecule has 234 valence electrons. The number of amides is 1. The monoisotopic (exact) mass is 611 g/mol.